The minimum Gasteiger partial charge on any atom is -0.477 e. The van der Waals surface area contributed by atoms with Crippen molar-refractivity contribution in [2.24, 2.45) is 12.2 Å². The Labute approximate surface area is 213 Å². The molecule has 190 valence electrons. The molecule has 2 aliphatic rings. The van der Waals surface area contributed by atoms with E-state index in [0.717, 1.165) is 28.0 Å². The van der Waals surface area contributed by atoms with Crippen LogP contribution >= 0.6 is 34.9 Å². The molecular formula is C18H18N8O7S3. The van der Waals surface area contributed by atoms with Gasteiger partial charge in [-0.25, -0.2) is 9.78 Å². The maximum Gasteiger partial charge on any atom is 0.352 e. The summed E-state index contributed by atoms with van der Waals surface area (Å²) in [7, 11) is 2.74. The fourth-order valence-electron chi connectivity index (χ4n) is 3.44. The van der Waals surface area contributed by atoms with Crippen LogP contribution in [0.15, 0.2) is 36.6 Å². The summed E-state index contributed by atoms with van der Waals surface area (Å²) in [5, 5.41) is 19.6. The maximum absolute atomic E-state index is 12.9. The number of nitrogens with zero attached hydrogens (tertiary/aromatic N) is 5. The largest absolute Gasteiger partial charge is 0.477 e. The van der Waals surface area contributed by atoms with Crippen LogP contribution in [0.3, 0.4) is 0 Å². The number of β-lactam (4-membered cyclic amide) rings is 1. The Hall–Kier alpha value is -3.64. The van der Waals surface area contributed by atoms with E-state index < -0.39 is 40.3 Å². The first-order valence-corrected chi connectivity index (χ1v) is 12.9. The molecule has 15 nitrogen and oxygen atoms in total. The Bertz CT molecular complexity index is 1430. The summed E-state index contributed by atoms with van der Waals surface area (Å²) in [5.41, 5.74) is 4.00. The Morgan fingerprint density at radius 2 is 2.14 bits per heavy atom. The summed E-state index contributed by atoms with van der Waals surface area (Å²) >= 11 is 3.41. The van der Waals surface area contributed by atoms with Crippen LogP contribution in [0.4, 0.5) is 5.13 Å². The van der Waals surface area contributed by atoms with Gasteiger partial charge in [-0.3, -0.25) is 33.9 Å². The minimum atomic E-state index is -1.31. The fraction of sp³-hybridized carbons (Fsp3) is 0.333. The molecule has 1 saturated heterocycles. The number of aromatic nitrogens is 4. The van der Waals surface area contributed by atoms with E-state index in [0.29, 0.717) is 5.57 Å². The van der Waals surface area contributed by atoms with Gasteiger partial charge in [0.25, 0.3) is 11.8 Å². The number of amides is 2. The molecule has 0 spiro atoms. The average molecular weight is 555 g/mol. The highest BCUT2D eigenvalue weighted by Crippen LogP contribution is 2.41. The Balaban J connectivity index is 1.51. The first kappa shape index (κ1) is 25.5. The van der Waals surface area contributed by atoms with E-state index >= 15 is 0 Å². The molecule has 4 rings (SSSR count). The third kappa shape index (κ3) is 4.73. The second-order valence-corrected chi connectivity index (χ2v) is 10.2. The molecule has 0 bridgehead atoms. The second-order valence-electron chi connectivity index (χ2n) is 7.30. The number of hydrogen-bond donors (Lipinski definition) is 4. The van der Waals surface area contributed by atoms with Crippen molar-refractivity contribution in [3.05, 3.63) is 43.1 Å². The third-order valence-electron chi connectivity index (χ3n) is 5.02. The minimum absolute atomic E-state index is 0.102. The first-order valence-electron chi connectivity index (χ1n) is 9.96. The zero-order valence-corrected chi connectivity index (χ0v) is 21.0. The summed E-state index contributed by atoms with van der Waals surface area (Å²) in [6.45, 7) is 0. The Kier molecular flexibility index (Phi) is 7.18. The zero-order chi connectivity index (χ0) is 26.1. The lowest BCUT2D eigenvalue weighted by Crippen LogP contribution is -2.71. The highest BCUT2D eigenvalue weighted by molar-refractivity contribution is 8.01. The van der Waals surface area contributed by atoms with Gasteiger partial charge in [0, 0.05) is 23.9 Å². The van der Waals surface area contributed by atoms with Gasteiger partial charge in [0.15, 0.2) is 16.0 Å². The molecule has 2 aromatic rings. The lowest BCUT2D eigenvalue weighted by molar-refractivity contribution is -0.150. The van der Waals surface area contributed by atoms with Crippen molar-refractivity contribution >= 4 is 63.5 Å². The van der Waals surface area contributed by atoms with E-state index in [1.165, 1.54) is 36.0 Å². The number of aliphatic carboxylic acids is 1. The van der Waals surface area contributed by atoms with E-state index in [-0.39, 0.29) is 38.9 Å². The van der Waals surface area contributed by atoms with Gasteiger partial charge in [0.2, 0.25) is 0 Å². The number of fused-ring (bicyclic) bond motifs is 1. The van der Waals surface area contributed by atoms with Crippen LogP contribution in [0.2, 0.25) is 0 Å². The molecular weight excluding hydrogens is 536 g/mol. The molecule has 36 heavy (non-hydrogen) atoms. The fourth-order valence-corrected chi connectivity index (χ4v) is 6.39. The highest BCUT2D eigenvalue weighted by atomic mass is 32.2. The number of anilines is 1. The standard InChI is InChI=1S/C18H18N8O7S3/c1-25-18(22-12(28)13(29)23-25)36-4-6-3-34-15-9(14(30)26(15)10(6)16(31)32)21-11(27)8(24-33-2)7-5-35-17(19)20-7/h5,9,15H,3-4H2,1-2H3,(H2,19,20)(H,21,27)(H,23,29)(H,31,32)/b24-8+/t9-,15?/m0/s1. The quantitative estimate of drug-likeness (QED) is 0.0953. The number of nitrogen functional groups attached to an aromatic ring is 1. The molecule has 2 aliphatic heterocycles. The summed E-state index contributed by atoms with van der Waals surface area (Å²) in [5.74, 6) is -2.30. The van der Waals surface area contributed by atoms with Crippen LogP contribution in [-0.2, 0) is 26.3 Å². The average Bonchev–Trinajstić information content (AvgIpc) is 3.27. The van der Waals surface area contributed by atoms with Crippen LogP contribution in [0, 0.1) is 0 Å². The monoisotopic (exact) mass is 554 g/mol. The predicted octanol–water partition coefficient (Wildman–Crippen LogP) is -1.61. The highest BCUT2D eigenvalue weighted by Gasteiger charge is 2.54. The molecule has 2 atom stereocenters. The first-order chi connectivity index (χ1) is 17.1. The van der Waals surface area contributed by atoms with Crippen LogP contribution in [0.5, 0.6) is 0 Å². The van der Waals surface area contributed by atoms with Crippen molar-refractivity contribution < 1.29 is 24.3 Å². The number of carbonyl (C=O) groups excluding carboxylic acids is 2. The number of carboxylic acid groups (broad SMARTS) is 1. The van der Waals surface area contributed by atoms with E-state index in [4.69, 9.17) is 10.6 Å². The predicted molar refractivity (Wildman–Crippen MR) is 131 cm³/mol. The van der Waals surface area contributed by atoms with E-state index in [1.807, 2.05) is 0 Å². The van der Waals surface area contributed by atoms with Crippen molar-refractivity contribution in [2.45, 2.75) is 16.6 Å². The summed E-state index contributed by atoms with van der Waals surface area (Å²) in [4.78, 5) is 74.3. The summed E-state index contributed by atoms with van der Waals surface area (Å²) in [6, 6.07) is -0.995. The third-order valence-corrected chi connectivity index (χ3v) is 8.15. The van der Waals surface area contributed by atoms with Crippen molar-refractivity contribution in [3.63, 3.8) is 0 Å². The SMILES string of the molecule is CO/N=C(/C(=O)N[C@H]1C(=O)N2C(C(=O)O)=C(CSc3nc(=O)c(=O)[nH]n3C)CSC12)c1csc(N)n1. The molecule has 0 saturated carbocycles. The molecule has 5 N–H and O–H groups in total. The molecule has 18 heteroatoms. The van der Waals surface area contributed by atoms with Crippen molar-refractivity contribution in [2.75, 3.05) is 24.3 Å². The lowest BCUT2D eigenvalue weighted by Gasteiger charge is -2.49. The van der Waals surface area contributed by atoms with Crippen LogP contribution < -0.4 is 22.2 Å². The van der Waals surface area contributed by atoms with E-state index in [9.17, 15) is 29.1 Å². The maximum atomic E-state index is 12.9. The second kappa shape index (κ2) is 10.2. The van der Waals surface area contributed by atoms with Crippen LogP contribution in [0.25, 0.3) is 0 Å². The number of carboxylic acids is 1. The van der Waals surface area contributed by atoms with Gasteiger partial charge in [-0.05, 0) is 5.57 Å². The Morgan fingerprint density at radius 3 is 2.78 bits per heavy atom. The number of H-pyrrole nitrogens is 1. The molecule has 0 aromatic carbocycles. The molecule has 1 unspecified atom stereocenters. The molecule has 4 heterocycles. The topological polar surface area (TPSA) is 215 Å². The smallest absolute Gasteiger partial charge is 0.352 e. The number of nitrogens with two attached hydrogens (primary N) is 1. The van der Waals surface area contributed by atoms with E-state index in [1.54, 1.807) is 0 Å². The van der Waals surface area contributed by atoms with Crippen molar-refractivity contribution in [1.82, 2.24) is 30.0 Å². The van der Waals surface area contributed by atoms with Gasteiger partial charge in [0.05, 0.1) is 0 Å². The van der Waals surface area contributed by atoms with E-state index in [2.05, 4.69) is 25.5 Å². The number of thiazole rings is 1. The van der Waals surface area contributed by atoms with Gasteiger partial charge in [0.1, 0.15) is 29.9 Å². The number of thioether (sulfide) groups is 2. The molecule has 0 radical (unpaired) electrons. The van der Waals surface area contributed by atoms with Gasteiger partial charge in [-0.1, -0.05) is 16.9 Å². The number of aromatic amines is 1. The molecule has 1 fully saturated rings. The van der Waals surface area contributed by atoms with Gasteiger partial charge < -0.3 is 21.0 Å². The Morgan fingerprint density at radius 1 is 1.39 bits per heavy atom. The number of nitrogens with one attached hydrogen (secondary N) is 2. The number of oxime groups is 1. The number of rotatable bonds is 8. The van der Waals surface area contributed by atoms with Gasteiger partial charge >= 0.3 is 17.1 Å². The van der Waals surface area contributed by atoms with Gasteiger partial charge in [-0.15, -0.1) is 23.1 Å². The summed E-state index contributed by atoms with van der Waals surface area (Å²) in [6.07, 6.45) is 0. The van der Waals surface area contributed by atoms with Crippen LogP contribution in [0.1, 0.15) is 5.69 Å². The van der Waals surface area contributed by atoms with Crippen molar-refractivity contribution in [1.29, 1.82) is 0 Å². The normalized spacial score (nSPS) is 19.6. The zero-order valence-electron chi connectivity index (χ0n) is 18.6. The lowest BCUT2D eigenvalue weighted by atomic mass is 10.0. The van der Waals surface area contributed by atoms with Crippen LogP contribution in [-0.4, -0.2) is 83.3 Å². The number of aryl methyl sites for hydroxylation is 1. The van der Waals surface area contributed by atoms with Gasteiger partial charge in [-0.2, -0.15) is 4.98 Å². The number of carbonyl (C=O) groups is 3. The molecule has 2 amide bonds. The molecule has 0 aliphatic carbocycles. The number of hydrogen-bond acceptors (Lipinski definition) is 13. The van der Waals surface area contributed by atoms with Crippen molar-refractivity contribution in [3.8, 4) is 0 Å². The molecule has 2 aromatic heterocycles. The summed E-state index contributed by atoms with van der Waals surface area (Å²) < 4.78 is 1.25.